The van der Waals surface area contributed by atoms with Crippen molar-refractivity contribution in [1.29, 1.82) is 0 Å². The molecule has 0 saturated carbocycles. The van der Waals surface area contributed by atoms with Crippen LogP contribution in [0.25, 0.3) is 0 Å². The maximum absolute atomic E-state index is 12.2. The normalized spacial score (nSPS) is 10.1. The number of anilines is 1. The standard InChI is InChI=1S/C23H22N2O3/c26-22(24-16-15-18-9-3-1-4-10-18)17-23(27)25-20-13-7-8-14-21(20)28-19-11-5-2-6-12-19/h1-14H,15-17H2,(H,24,26)(H,25,27). The summed E-state index contributed by atoms with van der Waals surface area (Å²) in [6, 6.07) is 26.3. The van der Waals surface area contributed by atoms with Gasteiger partial charge in [0, 0.05) is 6.54 Å². The average Bonchev–Trinajstić information content (AvgIpc) is 2.71. The van der Waals surface area contributed by atoms with Crippen LogP contribution in [-0.4, -0.2) is 18.4 Å². The van der Waals surface area contributed by atoms with Gasteiger partial charge in [-0.2, -0.15) is 0 Å². The highest BCUT2D eigenvalue weighted by molar-refractivity contribution is 6.04. The molecule has 0 aliphatic heterocycles. The summed E-state index contributed by atoms with van der Waals surface area (Å²) in [5.41, 5.74) is 1.66. The first-order chi connectivity index (χ1) is 13.7. The number of rotatable bonds is 8. The molecular weight excluding hydrogens is 352 g/mol. The summed E-state index contributed by atoms with van der Waals surface area (Å²) < 4.78 is 5.81. The van der Waals surface area contributed by atoms with E-state index in [1.807, 2.05) is 66.7 Å². The number of para-hydroxylation sites is 3. The van der Waals surface area contributed by atoms with Crippen molar-refractivity contribution in [3.05, 3.63) is 90.5 Å². The molecule has 0 aliphatic rings. The average molecular weight is 374 g/mol. The van der Waals surface area contributed by atoms with E-state index in [1.54, 1.807) is 18.2 Å². The summed E-state index contributed by atoms with van der Waals surface area (Å²) in [4.78, 5) is 24.2. The molecule has 28 heavy (non-hydrogen) atoms. The minimum absolute atomic E-state index is 0.242. The van der Waals surface area contributed by atoms with Gasteiger partial charge in [-0.1, -0.05) is 60.7 Å². The zero-order valence-electron chi connectivity index (χ0n) is 15.4. The van der Waals surface area contributed by atoms with Crippen molar-refractivity contribution in [2.24, 2.45) is 0 Å². The zero-order chi connectivity index (χ0) is 19.6. The quantitative estimate of drug-likeness (QED) is 0.582. The molecule has 0 heterocycles. The second-order valence-electron chi connectivity index (χ2n) is 6.22. The summed E-state index contributed by atoms with van der Waals surface area (Å²) >= 11 is 0. The minimum atomic E-state index is -0.388. The monoisotopic (exact) mass is 374 g/mol. The van der Waals surface area contributed by atoms with Crippen LogP contribution in [0, 0.1) is 0 Å². The van der Waals surface area contributed by atoms with Gasteiger partial charge in [-0.15, -0.1) is 0 Å². The maximum atomic E-state index is 12.2. The molecule has 5 heteroatoms. The maximum Gasteiger partial charge on any atom is 0.233 e. The van der Waals surface area contributed by atoms with Gasteiger partial charge >= 0.3 is 0 Å². The molecule has 3 aromatic rings. The van der Waals surface area contributed by atoms with Crippen LogP contribution in [0.5, 0.6) is 11.5 Å². The Labute approximate surface area is 164 Å². The lowest BCUT2D eigenvalue weighted by atomic mass is 10.1. The molecule has 0 aromatic heterocycles. The predicted molar refractivity (Wildman–Crippen MR) is 109 cm³/mol. The van der Waals surface area contributed by atoms with Crippen molar-refractivity contribution in [3.63, 3.8) is 0 Å². The Balaban J connectivity index is 1.50. The second kappa shape index (κ2) is 9.92. The number of hydrogen-bond acceptors (Lipinski definition) is 3. The van der Waals surface area contributed by atoms with Crippen LogP contribution in [0.3, 0.4) is 0 Å². The smallest absolute Gasteiger partial charge is 0.233 e. The Morgan fingerprint density at radius 3 is 2.14 bits per heavy atom. The third-order valence-electron chi connectivity index (χ3n) is 4.03. The lowest BCUT2D eigenvalue weighted by molar-refractivity contribution is -0.126. The van der Waals surface area contributed by atoms with Crippen molar-refractivity contribution >= 4 is 17.5 Å². The van der Waals surface area contributed by atoms with E-state index in [2.05, 4.69) is 10.6 Å². The van der Waals surface area contributed by atoms with Gasteiger partial charge in [0.2, 0.25) is 11.8 Å². The van der Waals surface area contributed by atoms with Crippen LogP contribution in [0.15, 0.2) is 84.9 Å². The van der Waals surface area contributed by atoms with Gasteiger partial charge in [-0.3, -0.25) is 9.59 Å². The fourth-order valence-corrected chi connectivity index (χ4v) is 2.67. The summed E-state index contributed by atoms with van der Waals surface area (Å²) in [6.45, 7) is 0.490. The van der Waals surface area contributed by atoms with E-state index < -0.39 is 0 Å². The molecule has 2 N–H and O–H groups in total. The van der Waals surface area contributed by atoms with Gasteiger partial charge in [0.1, 0.15) is 12.2 Å². The number of carbonyl (C=O) groups is 2. The number of ether oxygens (including phenoxy) is 1. The second-order valence-corrected chi connectivity index (χ2v) is 6.22. The van der Waals surface area contributed by atoms with Gasteiger partial charge in [-0.05, 0) is 36.2 Å². The molecule has 2 amide bonds. The van der Waals surface area contributed by atoms with Crippen LogP contribution in [0.4, 0.5) is 5.69 Å². The molecule has 3 rings (SSSR count). The van der Waals surface area contributed by atoms with Crippen LogP contribution in [-0.2, 0) is 16.0 Å². The molecular formula is C23H22N2O3. The van der Waals surface area contributed by atoms with Gasteiger partial charge < -0.3 is 15.4 Å². The SMILES string of the molecule is O=C(CC(=O)Nc1ccccc1Oc1ccccc1)NCCc1ccccc1. The highest BCUT2D eigenvalue weighted by Crippen LogP contribution is 2.29. The summed E-state index contributed by atoms with van der Waals surface area (Å²) in [7, 11) is 0. The highest BCUT2D eigenvalue weighted by Gasteiger charge is 2.12. The van der Waals surface area contributed by atoms with E-state index in [9.17, 15) is 9.59 Å². The van der Waals surface area contributed by atoms with Crippen molar-refractivity contribution < 1.29 is 14.3 Å². The Hall–Kier alpha value is -3.60. The van der Waals surface area contributed by atoms with E-state index in [-0.39, 0.29) is 18.2 Å². The molecule has 0 radical (unpaired) electrons. The van der Waals surface area contributed by atoms with Crippen LogP contribution < -0.4 is 15.4 Å². The van der Waals surface area contributed by atoms with Crippen molar-refractivity contribution in [3.8, 4) is 11.5 Å². The molecule has 0 aliphatic carbocycles. The van der Waals surface area contributed by atoms with E-state index in [4.69, 9.17) is 4.74 Å². The molecule has 0 unspecified atom stereocenters. The lowest BCUT2D eigenvalue weighted by Gasteiger charge is -2.12. The third-order valence-corrected chi connectivity index (χ3v) is 4.03. The van der Waals surface area contributed by atoms with Crippen LogP contribution in [0.1, 0.15) is 12.0 Å². The third kappa shape index (κ3) is 5.99. The van der Waals surface area contributed by atoms with Crippen LogP contribution >= 0.6 is 0 Å². The lowest BCUT2D eigenvalue weighted by Crippen LogP contribution is -2.29. The summed E-state index contributed by atoms with van der Waals surface area (Å²) in [5, 5.41) is 5.52. The first kappa shape index (κ1) is 19.2. The van der Waals surface area contributed by atoms with Gasteiger partial charge in [-0.25, -0.2) is 0 Å². The van der Waals surface area contributed by atoms with Crippen molar-refractivity contribution in [1.82, 2.24) is 5.32 Å². The fraction of sp³-hybridized carbons (Fsp3) is 0.130. The highest BCUT2D eigenvalue weighted by atomic mass is 16.5. The van der Waals surface area contributed by atoms with E-state index in [1.165, 1.54) is 0 Å². The van der Waals surface area contributed by atoms with Crippen LogP contribution in [0.2, 0.25) is 0 Å². The minimum Gasteiger partial charge on any atom is -0.455 e. The van der Waals surface area contributed by atoms with Gasteiger partial charge in [0.25, 0.3) is 0 Å². The van der Waals surface area contributed by atoms with E-state index in [0.29, 0.717) is 23.7 Å². The molecule has 0 atom stereocenters. The molecule has 142 valence electrons. The first-order valence-electron chi connectivity index (χ1n) is 9.13. The molecule has 5 nitrogen and oxygen atoms in total. The molecule has 3 aromatic carbocycles. The Bertz CT molecular complexity index is 911. The zero-order valence-corrected chi connectivity index (χ0v) is 15.4. The number of nitrogens with one attached hydrogen (secondary N) is 2. The van der Waals surface area contributed by atoms with Gasteiger partial charge in [0.15, 0.2) is 5.75 Å². The number of hydrogen-bond donors (Lipinski definition) is 2. The molecule has 0 fully saturated rings. The fourth-order valence-electron chi connectivity index (χ4n) is 2.67. The van der Waals surface area contributed by atoms with Crippen molar-refractivity contribution in [2.45, 2.75) is 12.8 Å². The first-order valence-corrected chi connectivity index (χ1v) is 9.13. The van der Waals surface area contributed by atoms with Crippen molar-refractivity contribution in [2.75, 3.05) is 11.9 Å². The van der Waals surface area contributed by atoms with Gasteiger partial charge in [0.05, 0.1) is 5.69 Å². The predicted octanol–water partition coefficient (Wildman–Crippen LogP) is 4.17. The number of carbonyl (C=O) groups excluding carboxylic acids is 2. The topological polar surface area (TPSA) is 67.4 Å². The van der Waals surface area contributed by atoms with E-state index in [0.717, 1.165) is 12.0 Å². The molecule has 0 bridgehead atoms. The Kier molecular flexibility index (Phi) is 6.79. The Morgan fingerprint density at radius 1 is 0.750 bits per heavy atom. The molecule has 0 saturated heterocycles. The number of amides is 2. The Morgan fingerprint density at radius 2 is 1.39 bits per heavy atom. The van der Waals surface area contributed by atoms with E-state index >= 15 is 0 Å². The largest absolute Gasteiger partial charge is 0.455 e. The summed E-state index contributed by atoms with van der Waals surface area (Å²) in [5.74, 6) is 0.491. The number of benzene rings is 3. The molecule has 0 spiro atoms. The summed E-state index contributed by atoms with van der Waals surface area (Å²) in [6.07, 6.45) is 0.483.